The van der Waals surface area contributed by atoms with Crippen LogP contribution in [0.3, 0.4) is 0 Å². The zero-order valence-corrected chi connectivity index (χ0v) is 19.9. The van der Waals surface area contributed by atoms with Crippen molar-refractivity contribution in [1.29, 1.82) is 0 Å². The summed E-state index contributed by atoms with van der Waals surface area (Å²) in [5, 5.41) is 0. The predicted octanol–water partition coefficient (Wildman–Crippen LogP) is 6.18. The number of nitrogens with zero attached hydrogens (tertiary/aromatic N) is 2. The summed E-state index contributed by atoms with van der Waals surface area (Å²) in [6.45, 7) is 5.80. The average molecular weight is 481 g/mol. The number of ether oxygens (including phenoxy) is 1. The molecule has 0 N–H and O–H groups in total. The summed E-state index contributed by atoms with van der Waals surface area (Å²) in [6, 6.07) is 7.13. The van der Waals surface area contributed by atoms with Crippen LogP contribution in [0.1, 0.15) is 72.0 Å². The Bertz CT molecular complexity index is 1060. The largest absolute Gasteiger partial charge is 0.450 e. The number of pyridine rings is 1. The number of hydrogen-bond acceptors (Lipinski definition) is 3. The molecule has 1 aromatic carbocycles. The van der Waals surface area contributed by atoms with Crippen molar-refractivity contribution in [3.63, 3.8) is 0 Å². The maximum atomic E-state index is 12.2. The molecular formula is C26H29BrN2O2. The van der Waals surface area contributed by atoms with Gasteiger partial charge in [-0.1, -0.05) is 39.7 Å². The minimum absolute atomic E-state index is 0.196. The molecule has 1 aliphatic heterocycles. The fourth-order valence-corrected chi connectivity index (χ4v) is 5.47. The molecule has 4 nitrogen and oxygen atoms in total. The third-order valence-corrected chi connectivity index (χ3v) is 7.96. The Kier molecular flexibility index (Phi) is 5.63. The molecule has 0 unspecified atom stereocenters. The number of fused-ring (bicyclic) bond motifs is 2. The molecule has 31 heavy (non-hydrogen) atoms. The van der Waals surface area contributed by atoms with Gasteiger partial charge in [-0.2, -0.15) is 0 Å². The van der Waals surface area contributed by atoms with Crippen LogP contribution in [0.25, 0.3) is 5.57 Å². The Morgan fingerprint density at radius 2 is 1.97 bits per heavy atom. The maximum absolute atomic E-state index is 12.2. The van der Waals surface area contributed by atoms with Crippen molar-refractivity contribution in [2.24, 2.45) is 0 Å². The predicted molar refractivity (Wildman–Crippen MR) is 126 cm³/mol. The van der Waals surface area contributed by atoms with Gasteiger partial charge < -0.3 is 9.64 Å². The molecular weight excluding hydrogens is 452 g/mol. The summed E-state index contributed by atoms with van der Waals surface area (Å²) in [7, 11) is 0. The molecule has 0 spiro atoms. The lowest BCUT2D eigenvalue weighted by atomic mass is 9.87. The van der Waals surface area contributed by atoms with Crippen LogP contribution in [0.2, 0.25) is 0 Å². The van der Waals surface area contributed by atoms with Gasteiger partial charge in [-0.15, -0.1) is 0 Å². The number of benzene rings is 1. The van der Waals surface area contributed by atoms with Crippen molar-refractivity contribution in [1.82, 2.24) is 9.88 Å². The van der Waals surface area contributed by atoms with Gasteiger partial charge in [0.15, 0.2) is 0 Å². The van der Waals surface area contributed by atoms with E-state index >= 15 is 0 Å². The number of amides is 1. The Balaban J connectivity index is 1.59. The zero-order valence-electron chi connectivity index (χ0n) is 18.3. The van der Waals surface area contributed by atoms with Crippen LogP contribution in [-0.2, 0) is 17.6 Å². The van der Waals surface area contributed by atoms with Crippen LogP contribution in [0.15, 0.2) is 34.4 Å². The number of aromatic nitrogens is 1. The average Bonchev–Trinajstić information content (AvgIpc) is 3.63. The first-order valence-corrected chi connectivity index (χ1v) is 12.3. The Morgan fingerprint density at radius 3 is 2.68 bits per heavy atom. The highest BCUT2D eigenvalue weighted by atomic mass is 79.9. The van der Waals surface area contributed by atoms with Gasteiger partial charge in [-0.05, 0) is 86.1 Å². The molecule has 5 heteroatoms. The number of rotatable bonds is 2. The monoisotopic (exact) mass is 480 g/mol. The highest BCUT2D eigenvalue weighted by Crippen LogP contribution is 2.44. The lowest BCUT2D eigenvalue weighted by Crippen LogP contribution is -2.37. The number of carbonyl (C=O) groups is 1. The van der Waals surface area contributed by atoms with E-state index < -0.39 is 0 Å². The molecule has 1 amide bonds. The third kappa shape index (κ3) is 3.93. The fourth-order valence-electron chi connectivity index (χ4n) is 4.99. The van der Waals surface area contributed by atoms with Gasteiger partial charge in [0.1, 0.15) is 0 Å². The van der Waals surface area contributed by atoms with Gasteiger partial charge in [-0.3, -0.25) is 4.98 Å². The van der Waals surface area contributed by atoms with Crippen LogP contribution in [-0.4, -0.2) is 35.7 Å². The quantitative estimate of drug-likeness (QED) is 0.514. The van der Waals surface area contributed by atoms with Crippen molar-refractivity contribution >= 4 is 27.6 Å². The molecule has 1 saturated heterocycles. The first kappa shape index (κ1) is 20.7. The smallest absolute Gasteiger partial charge is 0.409 e. The minimum Gasteiger partial charge on any atom is -0.450 e. The lowest BCUT2D eigenvalue weighted by molar-refractivity contribution is 0.104. The Labute approximate surface area is 192 Å². The summed E-state index contributed by atoms with van der Waals surface area (Å²) in [5.74, 6) is 0.756. The van der Waals surface area contributed by atoms with Crippen molar-refractivity contribution in [2.45, 2.75) is 58.3 Å². The summed E-state index contributed by atoms with van der Waals surface area (Å²) < 4.78 is 6.41. The molecule has 0 atom stereocenters. The van der Waals surface area contributed by atoms with E-state index in [4.69, 9.17) is 9.72 Å². The summed E-state index contributed by atoms with van der Waals surface area (Å²) in [5.41, 5.74) is 10.6. The molecule has 2 aromatic rings. The number of likely N-dealkylation sites (tertiary alicyclic amines) is 1. The summed E-state index contributed by atoms with van der Waals surface area (Å²) >= 11 is 3.86. The molecule has 0 radical (unpaired) electrons. The number of hydrogen-bond donors (Lipinski definition) is 0. The molecule has 0 bridgehead atoms. The van der Waals surface area contributed by atoms with Crippen molar-refractivity contribution in [2.75, 3.05) is 19.7 Å². The minimum atomic E-state index is -0.196. The maximum Gasteiger partial charge on any atom is 0.409 e. The van der Waals surface area contributed by atoms with Crippen molar-refractivity contribution < 1.29 is 9.53 Å². The molecule has 2 fully saturated rings. The van der Waals surface area contributed by atoms with Crippen molar-refractivity contribution in [3.05, 3.63) is 68.0 Å². The van der Waals surface area contributed by atoms with E-state index in [2.05, 4.69) is 41.1 Å². The highest BCUT2D eigenvalue weighted by Gasteiger charge is 2.30. The third-order valence-electron chi connectivity index (χ3n) is 6.86. The Morgan fingerprint density at radius 1 is 1.19 bits per heavy atom. The summed E-state index contributed by atoms with van der Waals surface area (Å²) in [4.78, 5) is 19.0. The summed E-state index contributed by atoms with van der Waals surface area (Å²) in [6.07, 6.45) is 8.20. The van der Waals surface area contributed by atoms with E-state index in [1.54, 1.807) is 0 Å². The van der Waals surface area contributed by atoms with Gasteiger partial charge in [0.2, 0.25) is 0 Å². The van der Waals surface area contributed by atoms with Gasteiger partial charge in [0.05, 0.1) is 12.3 Å². The molecule has 3 aliphatic rings. The molecule has 2 heterocycles. The van der Waals surface area contributed by atoms with E-state index in [1.165, 1.54) is 56.3 Å². The van der Waals surface area contributed by atoms with Gasteiger partial charge in [0.25, 0.3) is 0 Å². The standard InChI is InChI=1S/C26H29BrN2O2/c1-3-31-26(30)29-12-10-18(11-13-29)23-21-8-6-19(17-4-5-17)14-20(21)7-9-22-24(27)16(2)15-28-25(22)23/h6,8,14-15,17H,3-5,7,9-13H2,1-2H3. The lowest BCUT2D eigenvalue weighted by Gasteiger charge is -2.29. The molecule has 1 saturated carbocycles. The number of aryl methyl sites for hydroxylation is 2. The van der Waals surface area contributed by atoms with E-state index in [-0.39, 0.29) is 6.09 Å². The van der Waals surface area contributed by atoms with E-state index in [0.29, 0.717) is 19.7 Å². The first-order chi connectivity index (χ1) is 15.1. The van der Waals surface area contributed by atoms with Gasteiger partial charge in [-0.25, -0.2) is 4.79 Å². The van der Waals surface area contributed by atoms with E-state index in [9.17, 15) is 4.79 Å². The second-order valence-corrected chi connectivity index (χ2v) is 9.73. The first-order valence-electron chi connectivity index (χ1n) is 11.5. The highest BCUT2D eigenvalue weighted by molar-refractivity contribution is 9.10. The molecule has 2 aliphatic carbocycles. The van der Waals surface area contributed by atoms with E-state index in [0.717, 1.165) is 37.3 Å². The van der Waals surface area contributed by atoms with Gasteiger partial charge in [0, 0.05) is 29.3 Å². The fraction of sp³-hybridized carbons (Fsp3) is 0.462. The topological polar surface area (TPSA) is 42.4 Å². The normalized spacial score (nSPS) is 18.4. The van der Waals surface area contributed by atoms with Gasteiger partial charge >= 0.3 is 6.09 Å². The zero-order chi connectivity index (χ0) is 21.5. The van der Waals surface area contributed by atoms with Crippen LogP contribution < -0.4 is 0 Å². The number of piperidine rings is 1. The van der Waals surface area contributed by atoms with E-state index in [1.807, 2.05) is 18.0 Å². The number of halogens is 1. The SMILES string of the molecule is CCOC(=O)N1CCC(=C2c3ccc(C4CC4)cc3CCc3c2ncc(C)c3Br)CC1. The number of carbonyl (C=O) groups excluding carboxylic acids is 1. The second kappa shape index (κ2) is 8.42. The van der Waals surface area contributed by atoms with Crippen LogP contribution in [0.5, 0.6) is 0 Å². The second-order valence-electron chi connectivity index (χ2n) is 8.94. The van der Waals surface area contributed by atoms with Crippen molar-refractivity contribution in [3.8, 4) is 0 Å². The molecule has 5 rings (SSSR count). The van der Waals surface area contributed by atoms with Crippen LogP contribution in [0, 0.1) is 6.92 Å². The molecule has 162 valence electrons. The Hall–Kier alpha value is -2.14. The van der Waals surface area contributed by atoms with Crippen LogP contribution >= 0.6 is 15.9 Å². The molecule has 1 aromatic heterocycles. The van der Waals surface area contributed by atoms with Crippen LogP contribution in [0.4, 0.5) is 4.79 Å².